The van der Waals surface area contributed by atoms with Crippen LogP contribution < -0.4 is 5.73 Å². The fourth-order valence-corrected chi connectivity index (χ4v) is 3.19. The van der Waals surface area contributed by atoms with Gasteiger partial charge < -0.3 is 15.4 Å². The number of carbonyl (C=O) groups excluding carboxylic acids is 1. The van der Waals surface area contributed by atoms with Crippen molar-refractivity contribution in [2.75, 3.05) is 0 Å². The number of carboxylic acids is 1. The van der Waals surface area contributed by atoms with Crippen molar-refractivity contribution in [2.24, 2.45) is 5.73 Å². The molecule has 4 rings (SSSR count). The number of hydrogen-bond donors (Lipinski definition) is 2. The molecule has 0 aliphatic heterocycles. The minimum atomic E-state index is -5.08. The Morgan fingerprint density at radius 3 is 2.35 bits per heavy atom. The maximum Gasteiger partial charge on any atom is 0.490 e. The predicted octanol–water partition coefficient (Wildman–Crippen LogP) is 3.08. The number of rotatable bonds is 3. The number of nitrogens with two attached hydrogens (primary N) is 1. The number of hydrogen-bond acceptors (Lipinski definition) is 4. The highest BCUT2D eigenvalue weighted by atomic mass is 19.4. The molecule has 162 valence electrons. The quantitative estimate of drug-likeness (QED) is 0.515. The van der Waals surface area contributed by atoms with E-state index >= 15 is 0 Å². The van der Waals surface area contributed by atoms with E-state index in [0.717, 1.165) is 33.8 Å². The normalized spacial score (nSPS) is 11.4. The number of alkyl halides is 3. The number of carbonyl (C=O) groups is 2. The van der Waals surface area contributed by atoms with Gasteiger partial charge in [-0.25, -0.2) is 4.79 Å². The number of aryl methyl sites for hydroxylation is 2. The highest BCUT2D eigenvalue weighted by molar-refractivity contribution is 5.92. The van der Waals surface area contributed by atoms with E-state index in [2.05, 4.69) is 38.2 Å². The van der Waals surface area contributed by atoms with Crippen LogP contribution in [-0.2, 0) is 11.3 Å². The Bertz CT molecular complexity index is 1290. The molecule has 0 unspecified atom stereocenters. The van der Waals surface area contributed by atoms with Gasteiger partial charge in [-0.3, -0.25) is 9.20 Å². The number of carboxylic acid groups (broad SMARTS) is 1. The lowest BCUT2D eigenvalue weighted by molar-refractivity contribution is -0.192. The molecular formula is C20H18F3N5O3. The van der Waals surface area contributed by atoms with Crippen LogP contribution in [-0.4, -0.2) is 42.3 Å². The first-order chi connectivity index (χ1) is 14.5. The Morgan fingerprint density at radius 2 is 1.74 bits per heavy atom. The smallest absolute Gasteiger partial charge is 0.475 e. The van der Waals surface area contributed by atoms with E-state index in [4.69, 9.17) is 15.6 Å². The number of nitrogens with zero attached hydrogens (tertiary/aromatic N) is 4. The summed E-state index contributed by atoms with van der Waals surface area (Å²) in [6.45, 7) is 4.69. The van der Waals surface area contributed by atoms with Crippen LogP contribution in [0.4, 0.5) is 13.2 Å². The molecule has 3 heterocycles. The van der Waals surface area contributed by atoms with Crippen molar-refractivity contribution < 1.29 is 27.9 Å². The Hall–Kier alpha value is -3.89. The van der Waals surface area contributed by atoms with Gasteiger partial charge in [0.05, 0.1) is 11.0 Å². The molecule has 0 radical (unpaired) electrons. The predicted molar refractivity (Wildman–Crippen MR) is 106 cm³/mol. The zero-order valence-corrected chi connectivity index (χ0v) is 16.5. The molecule has 0 spiro atoms. The molecule has 3 N–H and O–H groups in total. The van der Waals surface area contributed by atoms with E-state index in [1.54, 1.807) is 6.07 Å². The molecule has 8 nitrogen and oxygen atoms in total. The van der Waals surface area contributed by atoms with Gasteiger partial charge in [0, 0.05) is 17.8 Å². The third-order valence-corrected chi connectivity index (χ3v) is 4.60. The van der Waals surface area contributed by atoms with E-state index in [1.807, 2.05) is 31.2 Å². The lowest BCUT2D eigenvalue weighted by Gasteiger charge is -2.09. The second kappa shape index (κ2) is 8.09. The summed E-state index contributed by atoms with van der Waals surface area (Å²) in [5, 5.41) is 15.5. The number of aliphatic carboxylic acids is 1. The maximum atomic E-state index is 11.4. The first-order valence-corrected chi connectivity index (χ1v) is 8.98. The van der Waals surface area contributed by atoms with Crippen LogP contribution in [0.2, 0.25) is 0 Å². The average Bonchev–Trinajstić information content (AvgIpc) is 3.22. The average molecular weight is 433 g/mol. The Kier molecular flexibility index (Phi) is 5.69. The summed E-state index contributed by atoms with van der Waals surface area (Å²) in [4.78, 5) is 20.3. The molecule has 31 heavy (non-hydrogen) atoms. The van der Waals surface area contributed by atoms with Crippen LogP contribution in [0.15, 0.2) is 42.5 Å². The molecule has 0 saturated heterocycles. The zero-order chi connectivity index (χ0) is 22.9. The van der Waals surface area contributed by atoms with Crippen molar-refractivity contribution in [3.63, 3.8) is 0 Å². The van der Waals surface area contributed by atoms with Gasteiger partial charge in [-0.1, -0.05) is 12.1 Å². The molecule has 3 aromatic heterocycles. The van der Waals surface area contributed by atoms with Crippen LogP contribution in [0.25, 0.3) is 16.7 Å². The summed E-state index contributed by atoms with van der Waals surface area (Å²) in [5.41, 5.74) is 11.1. The maximum absolute atomic E-state index is 11.4. The Morgan fingerprint density at radius 1 is 1.06 bits per heavy atom. The number of amides is 1. The number of fused-ring (bicyclic) bond motifs is 3. The molecule has 11 heteroatoms. The van der Waals surface area contributed by atoms with Crippen molar-refractivity contribution in [1.29, 1.82) is 0 Å². The number of aromatic nitrogens is 4. The largest absolute Gasteiger partial charge is 0.490 e. The molecule has 4 aromatic rings. The third kappa shape index (κ3) is 4.49. The summed E-state index contributed by atoms with van der Waals surface area (Å²) < 4.78 is 36.0. The standard InChI is InChI=1S/C18H17N5O.C2HF3O2/c1-11-8-16-15(6-7-17-21-20-12(2)23(16)17)22(11)10-13-4-3-5-14(9-13)18(19)24;3-2(4,5)1(6)7/h3-9H,10H2,1-2H3,(H2,19,24);(H,6,7). The summed E-state index contributed by atoms with van der Waals surface area (Å²) in [6.07, 6.45) is -5.08. The third-order valence-electron chi connectivity index (χ3n) is 4.60. The molecule has 0 atom stereocenters. The summed E-state index contributed by atoms with van der Waals surface area (Å²) in [6, 6.07) is 13.6. The fraction of sp³-hybridized carbons (Fsp3) is 0.200. The van der Waals surface area contributed by atoms with Crippen molar-refractivity contribution >= 4 is 28.6 Å². The number of benzene rings is 1. The first kappa shape index (κ1) is 21.8. The van der Waals surface area contributed by atoms with Crippen molar-refractivity contribution in [1.82, 2.24) is 19.2 Å². The van der Waals surface area contributed by atoms with Crippen LogP contribution in [0, 0.1) is 13.8 Å². The van der Waals surface area contributed by atoms with Gasteiger partial charge in [-0.2, -0.15) is 13.2 Å². The van der Waals surface area contributed by atoms with Crippen molar-refractivity contribution in [3.05, 3.63) is 65.1 Å². The Labute approximate surface area is 173 Å². The van der Waals surface area contributed by atoms with Crippen LogP contribution in [0.5, 0.6) is 0 Å². The number of primary amides is 1. The lowest BCUT2D eigenvalue weighted by atomic mass is 10.1. The van der Waals surface area contributed by atoms with Crippen LogP contribution in [0.1, 0.15) is 27.4 Å². The molecule has 0 aliphatic rings. The lowest BCUT2D eigenvalue weighted by Crippen LogP contribution is -2.21. The van der Waals surface area contributed by atoms with Gasteiger partial charge >= 0.3 is 12.1 Å². The molecular weight excluding hydrogens is 415 g/mol. The monoisotopic (exact) mass is 433 g/mol. The van der Waals surface area contributed by atoms with E-state index < -0.39 is 18.1 Å². The topological polar surface area (TPSA) is 116 Å². The summed E-state index contributed by atoms with van der Waals surface area (Å²) >= 11 is 0. The SMILES string of the molecule is Cc1cc2c(ccc3nnc(C)n32)n1Cc1cccc(C(N)=O)c1.O=C(O)C(F)(F)F. The van der Waals surface area contributed by atoms with Crippen molar-refractivity contribution in [3.8, 4) is 0 Å². The van der Waals surface area contributed by atoms with Gasteiger partial charge in [-0.05, 0) is 49.7 Å². The molecule has 0 saturated carbocycles. The number of pyridine rings is 1. The molecule has 1 aromatic carbocycles. The molecule has 0 fully saturated rings. The van der Waals surface area contributed by atoms with Crippen molar-refractivity contribution in [2.45, 2.75) is 26.6 Å². The van der Waals surface area contributed by atoms with E-state index in [9.17, 15) is 18.0 Å². The van der Waals surface area contributed by atoms with Gasteiger partial charge in [0.25, 0.3) is 0 Å². The highest BCUT2D eigenvalue weighted by Crippen LogP contribution is 2.23. The molecule has 0 bridgehead atoms. The van der Waals surface area contributed by atoms with E-state index in [1.165, 1.54) is 0 Å². The molecule has 0 aliphatic carbocycles. The highest BCUT2D eigenvalue weighted by Gasteiger charge is 2.38. The number of halogens is 3. The van der Waals surface area contributed by atoms with Gasteiger partial charge in [0.2, 0.25) is 5.91 Å². The minimum Gasteiger partial charge on any atom is -0.475 e. The first-order valence-electron chi connectivity index (χ1n) is 8.98. The van der Waals surface area contributed by atoms with Crippen LogP contribution >= 0.6 is 0 Å². The zero-order valence-electron chi connectivity index (χ0n) is 16.5. The van der Waals surface area contributed by atoms with Gasteiger partial charge in [-0.15, -0.1) is 10.2 Å². The fourth-order valence-electron chi connectivity index (χ4n) is 3.19. The second-order valence-corrected chi connectivity index (χ2v) is 6.78. The van der Waals surface area contributed by atoms with Gasteiger partial charge in [0.15, 0.2) is 5.65 Å². The van der Waals surface area contributed by atoms with Gasteiger partial charge in [0.1, 0.15) is 5.82 Å². The Balaban J connectivity index is 0.000000339. The minimum absolute atomic E-state index is 0.409. The molecule has 1 amide bonds. The summed E-state index contributed by atoms with van der Waals surface area (Å²) in [5.74, 6) is -2.30. The van der Waals surface area contributed by atoms with E-state index in [-0.39, 0.29) is 0 Å². The van der Waals surface area contributed by atoms with Crippen LogP contribution in [0.3, 0.4) is 0 Å². The second-order valence-electron chi connectivity index (χ2n) is 6.78. The van der Waals surface area contributed by atoms with E-state index in [0.29, 0.717) is 12.1 Å². The summed E-state index contributed by atoms with van der Waals surface area (Å²) in [7, 11) is 0.